The molecule has 0 aliphatic rings. The van der Waals surface area contributed by atoms with Gasteiger partial charge in [-0.25, -0.2) is 5.43 Å². The van der Waals surface area contributed by atoms with Gasteiger partial charge < -0.3 is 4.74 Å². The van der Waals surface area contributed by atoms with Crippen LogP contribution in [0.15, 0.2) is 47.6 Å². The van der Waals surface area contributed by atoms with Crippen molar-refractivity contribution >= 4 is 35.3 Å². The number of benzene rings is 2. The van der Waals surface area contributed by atoms with Gasteiger partial charge in [0.1, 0.15) is 5.75 Å². The van der Waals surface area contributed by atoms with Crippen LogP contribution in [0.3, 0.4) is 0 Å². The molecule has 2 rings (SSSR count). The zero-order valence-electron chi connectivity index (χ0n) is 12.6. The van der Waals surface area contributed by atoms with Crippen LogP contribution in [0.4, 0.5) is 0 Å². The number of nitrogens with one attached hydrogen (secondary N) is 1. The van der Waals surface area contributed by atoms with Gasteiger partial charge in [-0.05, 0) is 42.8 Å². The predicted molar refractivity (Wildman–Crippen MR) is 93.5 cm³/mol. The highest BCUT2D eigenvalue weighted by atomic mass is 35.5. The lowest BCUT2D eigenvalue weighted by atomic mass is 10.1. The Morgan fingerprint density at radius 3 is 2.57 bits per heavy atom. The molecule has 2 aromatic carbocycles. The maximum atomic E-state index is 11.9. The van der Waals surface area contributed by atoms with Crippen LogP contribution < -0.4 is 10.2 Å². The third-order valence-electron chi connectivity index (χ3n) is 2.94. The Bertz CT molecular complexity index is 700. The number of rotatable bonds is 6. The fourth-order valence-electron chi connectivity index (χ4n) is 1.91. The third-order valence-corrected chi connectivity index (χ3v) is 3.43. The Hall–Kier alpha value is -2.04. The van der Waals surface area contributed by atoms with Gasteiger partial charge in [-0.3, -0.25) is 4.79 Å². The molecule has 0 unspecified atom stereocenters. The number of nitrogens with zero attached hydrogens (tertiary/aromatic N) is 1. The number of halogens is 2. The summed E-state index contributed by atoms with van der Waals surface area (Å²) in [5.74, 6) is 0.441. The van der Waals surface area contributed by atoms with Crippen LogP contribution in [0.25, 0.3) is 0 Å². The number of ether oxygens (including phenoxy) is 1. The number of amides is 1. The first kappa shape index (κ1) is 17.3. The molecule has 0 radical (unpaired) electrons. The summed E-state index contributed by atoms with van der Waals surface area (Å²) in [6, 6.07) is 12.3. The fraction of sp³-hybridized carbons (Fsp3) is 0.176. The molecule has 1 N–H and O–H groups in total. The normalized spacial score (nSPS) is 10.7. The van der Waals surface area contributed by atoms with Gasteiger partial charge in [-0.15, -0.1) is 0 Å². The Labute approximate surface area is 145 Å². The van der Waals surface area contributed by atoms with Crippen molar-refractivity contribution < 1.29 is 9.53 Å². The second-order valence-electron chi connectivity index (χ2n) is 4.71. The Kier molecular flexibility index (Phi) is 6.44. The van der Waals surface area contributed by atoms with Crippen LogP contribution in [-0.2, 0) is 11.2 Å². The van der Waals surface area contributed by atoms with E-state index in [0.29, 0.717) is 28.0 Å². The topological polar surface area (TPSA) is 50.7 Å². The lowest BCUT2D eigenvalue weighted by Gasteiger charge is -2.07. The van der Waals surface area contributed by atoms with E-state index in [9.17, 15) is 4.79 Å². The zero-order chi connectivity index (χ0) is 16.7. The first-order valence-electron chi connectivity index (χ1n) is 7.07. The number of carbonyl (C=O) groups excluding carboxylic acids is 1. The first-order chi connectivity index (χ1) is 11.1. The molecule has 0 saturated heterocycles. The molecule has 0 fully saturated rings. The van der Waals surface area contributed by atoms with Crippen molar-refractivity contribution in [2.24, 2.45) is 5.10 Å². The van der Waals surface area contributed by atoms with Crippen molar-refractivity contribution in [3.05, 3.63) is 63.6 Å². The molecule has 0 heterocycles. The molecule has 1 amide bonds. The quantitative estimate of drug-likeness (QED) is 0.630. The van der Waals surface area contributed by atoms with Crippen molar-refractivity contribution in [1.29, 1.82) is 0 Å². The summed E-state index contributed by atoms with van der Waals surface area (Å²) < 4.78 is 5.48. The molecule has 0 spiro atoms. The maximum absolute atomic E-state index is 11.9. The van der Waals surface area contributed by atoms with Crippen LogP contribution in [0.5, 0.6) is 5.75 Å². The predicted octanol–water partition coefficient (Wildman–Crippen LogP) is 4.08. The molecule has 0 atom stereocenters. The SMILES string of the molecule is CCOc1ccc(Cl)cc1/C=N\NC(=O)Cc1ccc(Cl)cc1. The van der Waals surface area contributed by atoms with E-state index < -0.39 is 0 Å². The van der Waals surface area contributed by atoms with Crippen LogP contribution in [0.2, 0.25) is 10.0 Å². The molecular weight excluding hydrogens is 335 g/mol. The summed E-state index contributed by atoms with van der Waals surface area (Å²) in [5.41, 5.74) is 4.04. The van der Waals surface area contributed by atoms with Crippen molar-refractivity contribution in [3.63, 3.8) is 0 Å². The lowest BCUT2D eigenvalue weighted by Crippen LogP contribution is -2.19. The number of hydrogen-bond donors (Lipinski definition) is 1. The van der Waals surface area contributed by atoms with E-state index in [0.717, 1.165) is 5.56 Å². The third kappa shape index (κ3) is 5.58. The number of hydrogen-bond acceptors (Lipinski definition) is 3. The van der Waals surface area contributed by atoms with Crippen LogP contribution in [0.1, 0.15) is 18.1 Å². The van der Waals surface area contributed by atoms with Crippen LogP contribution in [0, 0.1) is 0 Å². The summed E-state index contributed by atoms with van der Waals surface area (Å²) in [5, 5.41) is 5.16. The van der Waals surface area contributed by atoms with Gasteiger partial charge in [0.05, 0.1) is 19.2 Å². The number of carbonyl (C=O) groups is 1. The van der Waals surface area contributed by atoms with Crippen molar-refractivity contribution in [2.45, 2.75) is 13.3 Å². The smallest absolute Gasteiger partial charge is 0.244 e. The minimum absolute atomic E-state index is 0.219. The summed E-state index contributed by atoms with van der Waals surface area (Å²) in [7, 11) is 0. The van der Waals surface area contributed by atoms with Gasteiger partial charge in [-0.2, -0.15) is 5.10 Å². The Morgan fingerprint density at radius 2 is 1.87 bits per heavy atom. The van der Waals surface area contributed by atoms with E-state index in [2.05, 4.69) is 10.5 Å². The summed E-state index contributed by atoms with van der Waals surface area (Å²) >= 11 is 11.8. The van der Waals surface area contributed by atoms with E-state index in [1.165, 1.54) is 6.21 Å². The summed E-state index contributed by atoms with van der Waals surface area (Å²) in [4.78, 5) is 11.9. The molecule has 23 heavy (non-hydrogen) atoms. The Balaban J connectivity index is 1.97. The molecular formula is C17H16Cl2N2O2. The van der Waals surface area contributed by atoms with Crippen molar-refractivity contribution in [3.8, 4) is 5.75 Å². The molecule has 2 aromatic rings. The highest BCUT2D eigenvalue weighted by Crippen LogP contribution is 2.21. The minimum atomic E-state index is -0.219. The zero-order valence-corrected chi connectivity index (χ0v) is 14.1. The lowest BCUT2D eigenvalue weighted by molar-refractivity contribution is -0.120. The standard InChI is InChI=1S/C17H16Cl2N2O2/c1-2-23-16-8-7-15(19)10-13(16)11-20-21-17(22)9-12-3-5-14(18)6-4-12/h3-8,10-11H,2,9H2,1H3,(H,21,22)/b20-11-. The first-order valence-corrected chi connectivity index (χ1v) is 7.82. The molecule has 4 nitrogen and oxygen atoms in total. The fourth-order valence-corrected chi connectivity index (χ4v) is 2.21. The molecule has 120 valence electrons. The van der Waals surface area contributed by atoms with Crippen molar-refractivity contribution in [1.82, 2.24) is 5.43 Å². The second kappa shape index (κ2) is 8.56. The van der Waals surface area contributed by atoms with E-state index in [4.69, 9.17) is 27.9 Å². The van der Waals surface area contributed by atoms with Gasteiger partial charge in [0.2, 0.25) is 5.91 Å². The summed E-state index contributed by atoms with van der Waals surface area (Å²) in [6.45, 7) is 2.43. The van der Waals surface area contributed by atoms with E-state index in [1.54, 1.807) is 42.5 Å². The van der Waals surface area contributed by atoms with Gasteiger partial charge in [0, 0.05) is 15.6 Å². The van der Waals surface area contributed by atoms with Crippen LogP contribution in [-0.4, -0.2) is 18.7 Å². The Morgan fingerprint density at radius 1 is 1.17 bits per heavy atom. The van der Waals surface area contributed by atoms with Gasteiger partial charge in [0.25, 0.3) is 0 Å². The summed E-state index contributed by atoms with van der Waals surface area (Å²) in [6.07, 6.45) is 1.74. The molecule has 0 aliphatic carbocycles. The highest BCUT2D eigenvalue weighted by molar-refractivity contribution is 6.31. The largest absolute Gasteiger partial charge is 0.493 e. The van der Waals surface area contributed by atoms with Crippen molar-refractivity contribution in [2.75, 3.05) is 6.61 Å². The van der Waals surface area contributed by atoms with Crippen LogP contribution >= 0.6 is 23.2 Å². The molecule has 6 heteroatoms. The van der Waals surface area contributed by atoms with Gasteiger partial charge in [-0.1, -0.05) is 35.3 Å². The van der Waals surface area contributed by atoms with E-state index >= 15 is 0 Å². The molecule has 0 saturated carbocycles. The molecule has 0 aliphatic heterocycles. The average Bonchev–Trinajstić information content (AvgIpc) is 2.52. The van der Waals surface area contributed by atoms with Gasteiger partial charge in [0.15, 0.2) is 0 Å². The maximum Gasteiger partial charge on any atom is 0.244 e. The highest BCUT2D eigenvalue weighted by Gasteiger charge is 2.04. The number of hydrazone groups is 1. The average molecular weight is 351 g/mol. The van der Waals surface area contributed by atoms with Gasteiger partial charge >= 0.3 is 0 Å². The van der Waals surface area contributed by atoms with E-state index in [-0.39, 0.29) is 12.3 Å². The second-order valence-corrected chi connectivity index (χ2v) is 5.58. The van der Waals surface area contributed by atoms with E-state index in [1.807, 2.05) is 6.92 Å². The minimum Gasteiger partial charge on any atom is -0.493 e. The monoisotopic (exact) mass is 350 g/mol. The molecule has 0 aromatic heterocycles. The molecule has 0 bridgehead atoms.